The third-order valence-electron chi connectivity index (χ3n) is 4.02. The lowest BCUT2D eigenvalue weighted by molar-refractivity contribution is -0.135. The molecular weight excluding hydrogens is 351 g/mol. The topological polar surface area (TPSA) is 43.1 Å². The van der Waals surface area contributed by atoms with Crippen molar-refractivity contribution in [1.29, 1.82) is 0 Å². The zero-order valence-corrected chi connectivity index (χ0v) is 13.7. The van der Waals surface area contributed by atoms with Crippen LogP contribution in [0.4, 0.5) is 13.2 Å². The fourth-order valence-electron chi connectivity index (χ4n) is 2.96. The quantitative estimate of drug-likeness (QED) is 0.201. The molecule has 0 radical (unpaired) electrons. The Balaban J connectivity index is 2.34. The standard InChI is InChI=1S/C18H10F3NO2S/c1-25-9-6-7-12-11(8-9)15(18(19,20)21)14-16(22-12)10-4-2-3-5-13(10)24-17(14)23/h2-8H,1H3. The molecule has 0 amide bonds. The van der Waals surface area contributed by atoms with Crippen molar-refractivity contribution in [3.05, 3.63) is 58.4 Å². The van der Waals surface area contributed by atoms with E-state index in [2.05, 4.69) is 4.98 Å². The highest BCUT2D eigenvalue weighted by atomic mass is 32.2. The van der Waals surface area contributed by atoms with Crippen molar-refractivity contribution >= 4 is 44.5 Å². The predicted octanol–water partition coefficient (Wildman–Crippen LogP) is 5.24. The molecule has 0 bridgehead atoms. The SMILES string of the molecule is CSc1ccc2nc3c(c(C(F)(F)F)c2c1)c(=O)oc1ccccc13. The molecule has 2 heterocycles. The summed E-state index contributed by atoms with van der Waals surface area (Å²) in [5.74, 6) is 0. The van der Waals surface area contributed by atoms with Gasteiger partial charge in [0.05, 0.1) is 22.0 Å². The first-order chi connectivity index (χ1) is 11.9. The van der Waals surface area contributed by atoms with Crippen LogP contribution in [-0.4, -0.2) is 11.2 Å². The van der Waals surface area contributed by atoms with E-state index >= 15 is 0 Å². The van der Waals surface area contributed by atoms with Crippen LogP contribution in [0.15, 0.2) is 56.6 Å². The number of rotatable bonds is 1. The van der Waals surface area contributed by atoms with Gasteiger partial charge in [-0.05, 0) is 36.6 Å². The molecule has 0 N–H and O–H groups in total. The number of pyridine rings is 1. The van der Waals surface area contributed by atoms with Gasteiger partial charge in [-0.2, -0.15) is 13.2 Å². The second-order valence-corrected chi connectivity index (χ2v) is 6.36. The van der Waals surface area contributed by atoms with E-state index in [4.69, 9.17) is 4.42 Å². The van der Waals surface area contributed by atoms with Gasteiger partial charge in [-0.3, -0.25) is 0 Å². The van der Waals surface area contributed by atoms with Gasteiger partial charge in [0.2, 0.25) is 0 Å². The minimum atomic E-state index is -4.71. The number of alkyl halides is 3. The summed E-state index contributed by atoms with van der Waals surface area (Å²) in [6.45, 7) is 0. The average molecular weight is 361 g/mol. The van der Waals surface area contributed by atoms with Gasteiger partial charge in [0.25, 0.3) is 0 Å². The van der Waals surface area contributed by atoms with Crippen LogP contribution in [0, 0.1) is 0 Å². The van der Waals surface area contributed by atoms with Gasteiger partial charge in [0.1, 0.15) is 5.58 Å². The molecule has 0 saturated carbocycles. The molecule has 0 aliphatic rings. The molecular formula is C18H10F3NO2S. The van der Waals surface area contributed by atoms with Crippen molar-refractivity contribution in [2.75, 3.05) is 6.26 Å². The highest BCUT2D eigenvalue weighted by Crippen LogP contribution is 2.40. The summed E-state index contributed by atoms with van der Waals surface area (Å²) in [5, 5.41) is -0.259. The van der Waals surface area contributed by atoms with Crippen LogP contribution in [-0.2, 0) is 6.18 Å². The lowest BCUT2D eigenvalue weighted by Gasteiger charge is -2.14. The van der Waals surface area contributed by atoms with Crippen molar-refractivity contribution in [2.45, 2.75) is 11.1 Å². The summed E-state index contributed by atoms with van der Waals surface area (Å²) >= 11 is 1.32. The summed E-state index contributed by atoms with van der Waals surface area (Å²) in [6, 6.07) is 11.1. The first-order valence-electron chi connectivity index (χ1n) is 7.30. The lowest BCUT2D eigenvalue weighted by Crippen LogP contribution is -2.14. The molecule has 0 aliphatic carbocycles. The Hall–Kier alpha value is -2.54. The van der Waals surface area contributed by atoms with Crippen molar-refractivity contribution < 1.29 is 17.6 Å². The van der Waals surface area contributed by atoms with Crippen LogP contribution in [0.2, 0.25) is 0 Å². The largest absolute Gasteiger partial charge is 0.422 e. The third kappa shape index (κ3) is 2.46. The summed E-state index contributed by atoms with van der Waals surface area (Å²) in [4.78, 5) is 17.4. The van der Waals surface area contributed by atoms with Crippen LogP contribution in [0.1, 0.15) is 5.56 Å². The van der Waals surface area contributed by atoms with Crippen LogP contribution >= 0.6 is 11.8 Å². The highest BCUT2D eigenvalue weighted by Gasteiger charge is 2.37. The Morgan fingerprint density at radius 3 is 2.56 bits per heavy atom. The summed E-state index contributed by atoms with van der Waals surface area (Å²) < 4.78 is 46.7. The van der Waals surface area contributed by atoms with E-state index in [-0.39, 0.29) is 22.0 Å². The molecule has 0 atom stereocenters. The number of hydrogen-bond donors (Lipinski definition) is 0. The average Bonchev–Trinajstić information content (AvgIpc) is 2.58. The van der Waals surface area contributed by atoms with Gasteiger partial charge >= 0.3 is 11.8 Å². The van der Waals surface area contributed by atoms with Crippen molar-refractivity contribution in [2.24, 2.45) is 0 Å². The number of thioether (sulfide) groups is 1. The molecule has 4 rings (SSSR count). The minimum absolute atomic E-state index is 0.00331. The maximum Gasteiger partial charge on any atom is 0.417 e. The number of hydrogen-bond acceptors (Lipinski definition) is 4. The van der Waals surface area contributed by atoms with Crippen molar-refractivity contribution in [1.82, 2.24) is 4.98 Å². The zero-order valence-electron chi connectivity index (χ0n) is 12.8. The Morgan fingerprint density at radius 2 is 1.84 bits per heavy atom. The summed E-state index contributed by atoms with van der Waals surface area (Å²) in [7, 11) is 0. The van der Waals surface area contributed by atoms with Crippen LogP contribution in [0.5, 0.6) is 0 Å². The molecule has 2 aromatic carbocycles. The smallest absolute Gasteiger partial charge is 0.417 e. The molecule has 25 heavy (non-hydrogen) atoms. The van der Waals surface area contributed by atoms with Gasteiger partial charge < -0.3 is 4.42 Å². The molecule has 0 fully saturated rings. The van der Waals surface area contributed by atoms with Gasteiger partial charge in [-0.1, -0.05) is 12.1 Å². The molecule has 7 heteroatoms. The van der Waals surface area contributed by atoms with Crippen LogP contribution in [0.25, 0.3) is 32.8 Å². The Morgan fingerprint density at radius 1 is 1.08 bits per heavy atom. The second-order valence-electron chi connectivity index (χ2n) is 5.48. The zero-order chi connectivity index (χ0) is 17.8. The molecule has 0 unspecified atom stereocenters. The van der Waals surface area contributed by atoms with Gasteiger partial charge in [-0.25, -0.2) is 9.78 Å². The first kappa shape index (κ1) is 16.0. The van der Waals surface area contributed by atoms with Crippen LogP contribution in [0.3, 0.4) is 0 Å². The second kappa shape index (κ2) is 5.49. The number of para-hydroxylation sites is 1. The lowest BCUT2D eigenvalue weighted by atomic mass is 10.0. The van der Waals surface area contributed by atoms with E-state index in [1.54, 1.807) is 36.6 Å². The first-order valence-corrected chi connectivity index (χ1v) is 8.53. The number of halogens is 3. The van der Waals surface area contributed by atoms with Crippen molar-refractivity contribution in [3.63, 3.8) is 0 Å². The molecule has 0 aliphatic heterocycles. The number of benzene rings is 2. The van der Waals surface area contributed by atoms with E-state index in [1.807, 2.05) is 0 Å². The number of nitrogens with zero attached hydrogens (tertiary/aromatic N) is 1. The maximum atomic E-state index is 13.8. The minimum Gasteiger partial charge on any atom is -0.422 e. The van der Waals surface area contributed by atoms with Gasteiger partial charge in [-0.15, -0.1) is 11.8 Å². The van der Waals surface area contributed by atoms with Gasteiger partial charge in [0, 0.05) is 15.7 Å². The van der Waals surface area contributed by atoms with Crippen LogP contribution < -0.4 is 5.63 Å². The maximum absolute atomic E-state index is 13.8. The summed E-state index contributed by atoms with van der Waals surface area (Å²) in [6.07, 6.45) is -2.95. The van der Waals surface area contributed by atoms with E-state index in [0.29, 0.717) is 10.3 Å². The Kier molecular flexibility index (Phi) is 3.50. The van der Waals surface area contributed by atoms with E-state index < -0.39 is 22.8 Å². The summed E-state index contributed by atoms with van der Waals surface area (Å²) in [5.41, 5.74) is -1.63. The third-order valence-corrected chi connectivity index (χ3v) is 4.75. The number of aromatic nitrogens is 1. The molecule has 0 spiro atoms. The Bertz CT molecular complexity index is 1200. The molecule has 0 saturated heterocycles. The van der Waals surface area contributed by atoms with E-state index in [1.165, 1.54) is 23.9 Å². The molecule has 3 nitrogen and oxygen atoms in total. The number of fused-ring (bicyclic) bond motifs is 4. The fraction of sp³-hybridized carbons (Fsp3) is 0.111. The van der Waals surface area contributed by atoms with Crippen molar-refractivity contribution in [3.8, 4) is 0 Å². The normalized spacial score (nSPS) is 12.3. The van der Waals surface area contributed by atoms with E-state index in [9.17, 15) is 18.0 Å². The highest BCUT2D eigenvalue weighted by molar-refractivity contribution is 7.98. The predicted molar refractivity (Wildman–Crippen MR) is 92.1 cm³/mol. The molecule has 2 aromatic heterocycles. The Labute approximate surface area is 143 Å². The van der Waals surface area contributed by atoms with E-state index in [0.717, 1.165) is 0 Å². The molecule has 126 valence electrons. The fourth-order valence-corrected chi connectivity index (χ4v) is 3.40. The van der Waals surface area contributed by atoms with Gasteiger partial charge in [0.15, 0.2) is 0 Å². The molecule has 4 aromatic rings. The monoisotopic (exact) mass is 361 g/mol.